The molecule has 2 aromatic rings. The molecule has 1 saturated carbocycles. The molecule has 0 spiro atoms. The van der Waals surface area contributed by atoms with Crippen LogP contribution in [0.15, 0.2) is 23.1 Å². The zero-order valence-corrected chi connectivity index (χ0v) is 16.0. The summed E-state index contributed by atoms with van der Waals surface area (Å²) in [6.45, 7) is 3.14. The summed E-state index contributed by atoms with van der Waals surface area (Å²) in [5.41, 5.74) is 0.357. The van der Waals surface area contributed by atoms with Crippen molar-refractivity contribution in [1.29, 1.82) is 0 Å². The molecule has 4 rings (SSSR count). The van der Waals surface area contributed by atoms with E-state index in [1.807, 2.05) is 4.90 Å². The average molecular weight is 384 g/mol. The van der Waals surface area contributed by atoms with E-state index < -0.39 is 0 Å². The van der Waals surface area contributed by atoms with Crippen molar-refractivity contribution in [2.45, 2.75) is 45.1 Å². The summed E-state index contributed by atoms with van der Waals surface area (Å²) in [6.07, 6.45) is 7.50. The molecule has 1 aliphatic heterocycles. The topological polar surface area (TPSA) is 105 Å². The summed E-state index contributed by atoms with van der Waals surface area (Å²) in [4.78, 5) is 41.9. The summed E-state index contributed by atoms with van der Waals surface area (Å²) in [6, 6.07) is 1.30. The van der Waals surface area contributed by atoms with Crippen molar-refractivity contribution in [3.05, 3.63) is 36.0 Å². The van der Waals surface area contributed by atoms with Crippen molar-refractivity contribution in [3.63, 3.8) is 0 Å². The fourth-order valence-electron chi connectivity index (χ4n) is 4.09. The zero-order valence-electron chi connectivity index (χ0n) is 16.0. The molecular weight excluding hydrogens is 360 g/mol. The summed E-state index contributed by atoms with van der Waals surface area (Å²) in [7, 11) is 0. The standard InChI is InChI=1S/C19H24N6O3/c1-13-22-17(28-23-13)16-7-9-24(19(27)15-6-8-20-12-21-15)10-11-25(16)18(26)14-4-2-3-5-14/h6,8,12,14,16H,2-5,7,9-11H2,1H3. The number of hydrogen-bond donors (Lipinski definition) is 0. The minimum absolute atomic E-state index is 0.0515. The van der Waals surface area contributed by atoms with Crippen molar-refractivity contribution in [3.8, 4) is 0 Å². The second kappa shape index (κ2) is 8.04. The third-order valence-electron chi connectivity index (χ3n) is 5.56. The monoisotopic (exact) mass is 384 g/mol. The molecule has 0 bridgehead atoms. The van der Waals surface area contributed by atoms with Crippen molar-refractivity contribution in [2.75, 3.05) is 19.6 Å². The Morgan fingerprint density at radius 1 is 1.14 bits per heavy atom. The number of rotatable bonds is 3. The van der Waals surface area contributed by atoms with Crippen molar-refractivity contribution >= 4 is 11.8 Å². The normalized spacial score (nSPS) is 21.0. The Morgan fingerprint density at radius 2 is 1.96 bits per heavy atom. The van der Waals surface area contributed by atoms with Crippen LogP contribution in [0.3, 0.4) is 0 Å². The molecule has 1 aliphatic carbocycles. The molecule has 1 saturated heterocycles. The first-order valence-electron chi connectivity index (χ1n) is 9.79. The van der Waals surface area contributed by atoms with Gasteiger partial charge in [-0.2, -0.15) is 4.98 Å². The minimum Gasteiger partial charge on any atom is -0.337 e. The van der Waals surface area contributed by atoms with Gasteiger partial charge < -0.3 is 14.3 Å². The maximum Gasteiger partial charge on any atom is 0.272 e. The molecule has 148 valence electrons. The predicted molar refractivity (Wildman–Crippen MR) is 98.0 cm³/mol. The first-order chi connectivity index (χ1) is 13.6. The van der Waals surface area contributed by atoms with Crippen LogP contribution in [0.5, 0.6) is 0 Å². The molecule has 1 atom stereocenters. The number of nitrogens with zero attached hydrogens (tertiary/aromatic N) is 6. The van der Waals surface area contributed by atoms with E-state index in [-0.39, 0.29) is 23.8 Å². The molecule has 28 heavy (non-hydrogen) atoms. The molecule has 2 aromatic heterocycles. The Hall–Kier alpha value is -2.84. The van der Waals surface area contributed by atoms with Crippen LogP contribution in [0.25, 0.3) is 0 Å². The van der Waals surface area contributed by atoms with E-state index in [1.54, 1.807) is 24.1 Å². The highest BCUT2D eigenvalue weighted by Gasteiger charge is 2.37. The maximum atomic E-state index is 13.2. The van der Waals surface area contributed by atoms with Crippen LogP contribution in [0.1, 0.15) is 60.3 Å². The molecule has 0 aromatic carbocycles. The minimum atomic E-state index is -0.308. The largest absolute Gasteiger partial charge is 0.337 e. The third kappa shape index (κ3) is 3.74. The molecule has 2 amide bonds. The van der Waals surface area contributed by atoms with E-state index in [0.29, 0.717) is 43.5 Å². The Bertz CT molecular complexity index is 833. The first-order valence-corrected chi connectivity index (χ1v) is 9.79. The number of amides is 2. The molecule has 0 radical (unpaired) electrons. The Kier molecular flexibility index (Phi) is 5.31. The van der Waals surface area contributed by atoms with Gasteiger partial charge in [0.05, 0.1) is 0 Å². The average Bonchev–Trinajstić information content (AvgIpc) is 3.35. The van der Waals surface area contributed by atoms with Crippen molar-refractivity contribution in [1.82, 2.24) is 29.9 Å². The lowest BCUT2D eigenvalue weighted by molar-refractivity contribution is -0.138. The maximum absolute atomic E-state index is 13.2. The van der Waals surface area contributed by atoms with Crippen LogP contribution < -0.4 is 0 Å². The Balaban J connectivity index is 1.56. The quantitative estimate of drug-likeness (QED) is 0.794. The lowest BCUT2D eigenvalue weighted by Gasteiger charge is -2.29. The van der Waals surface area contributed by atoms with Crippen molar-refractivity contribution < 1.29 is 14.1 Å². The number of hydrogen-bond acceptors (Lipinski definition) is 7. The van der Waals surface area contributed by atoms with Crippen LogP contribution >= 0.6 is 0 Å². The lowest BCUT2D eigenvalue weighted by atomic mass is 10.0. The van der Waals surface area contributed by atoms with Gasteiger partial charge in [-0.3, -0.25) is 9.59 Å². The van der Waals surface area contributed by atoms with E-state index in [4.69, 9.17) is 4.52 Å². The second-order valence-electron chi connectivity index (χ2n) is 7.38. The van der Waals surface area contributed by atoms with Gasteiger partial charge >= 0.3 is 0 Å². The van der Waals surface area contributed by atoms with Gasteiger partial charge in [0.1, 0.15) is 18.1 Å². The van der Waals surface area contributed by atoms with E-state index >= 15 is 0 Å². The van der Waals surface area contributed by atoms with Crippen LogP contribution in [0, 0.1) is 12.8 Å². The lowest BCUT2D eigenvalue weighted by Crippen LogP contribution is -2.41. The zero-order chi connectivity index (χ0) is 19.5. The predicted octanol–water partition coefficient (Wildman–Crippen LogP) is 1.77. The van der Waals surface area contributed by atoms with E-state index in [0.717, 1.165) is 25.7 Å². The number of aromatic nitrogens is 4. The summed E-state index contributed by atoms with van der Waals surface area (Å²) in [5, 5.41) is 3.89. The smallest absolute Gasteiger partial charge is 0.272 e. The van der Waals surface area contributed by atoms with Gasteiger partial charge in [-0.1, -0.05) is 18.0 Å². The molecule has 2 fully saturated rings. The molecule has 9 heteroatoms. The fraction of sp³-hybridized carbons (Fsp3) is 0.579. The Morgan fingerprint density at radius 3 is 2.64 bits per heavy atom. The van der Waals surface area contributed by atoms with Gasteiger partial charge in [-0.15, -0.1) is 0 Å². The number of carbonyl (C=O) groups is 2. The SMILES string of the molecule is Cc1noc(C2CCN(C(=O)c3ccncn3)CCN2C(=O)C2CCCC2)n1. The molecule has 9 nitrogen and oxygen atoms in total. The first kappa shape index (κ1) is 18.5. The van der Waals surface area contributed by atoms with Gasteiger partial charge in [-0.25, -0.2) is 9.97 Å². The number of carbonyl (C=O) groups excluding carboxylic acids is 2. The summed E-state index contributed by atoms with van der Waals surface area (Å²) in [5.74, 6) is 1.02. The molecule has 1 unspecified atom stereocenters. The Labute approximate surface area is 163 Å². The van der Waals surface area contributed by atoms with Crippen LogP contribution in [-0.2, 0) is 4.79 Å². The number of aryl methyl sites for hydroxylation is 1. The highest BCUT2D eigenvalue weighted by Crippen LogP contribution is 2.32. The van der Waals surface area contributed by atoms with Gasteiger partial charge in [0.2, 0.25) is 11.8 Å². The van der Waals surface area contributed by atoms with Crippen LogP contribution in [0.4, 0.5) is 0 Å². The van der Waals surface area contributed by atoms with Gasteiger partial charge in [0.25, 0.3) is 5.91 Å². The van der Waals surface area contributed by atoms with Gasteiger partial charge in [0, 0.05) is 31.7 Å². The fourth-order valence-corrected chi connectivity index (χ4v) is 4.09. The molecule has 0 N–H and O–H groups in total. The van der Waals surface area contributed by atoms with E-state index in [9.17, 15) is 9.59 Å². The molecule has 3 heterocycles. The summed E-state index contributed by atoms with van der Waals surface area (Å²) < 4.78 is 5.40. The van der Waals surface area contributed by atoms with Gasteiger partial charge in [0.15, 0.2) is 5.82 Å². The molecule has 2 aliphatic rings. The third-order valence-corrected chi connectivity index (χ3v) is 5.56. The van der Waals surface area contributed by atoms with Crippen molar-refractivity contribution in [2.24, 2.45) is 5.92 Å². The van der Waals surface area contributed by atoms with E-state index in [2.05, 4.69) is 20.1 Å². The molecular formula is C19H24N6O3. The second-order valence-corrected chi connectivity index (χ2v) is 7.38. The van der Waals surface area contributed by atoms with Crippen LogP contribution in [0.2, 0.25) is 0 Å². The van der Waals surface area contributed by atoms with E-state index in [1.165, 1.54) is 6.33 Å². The summed E-state index contributed by atoms with van der Waals surface area (Å²) >= 11 is 0. The highest BCUT2D eigenvalue weighted by molar-refractivity contribution is 5.92. The van der Waals surface area contributed by atoms with Crippen LogP contribution in [-0.4, -0.2) is 61.4 Å². The van der Waals surface area contributed by atoms with Gasteiger partial charge in [-0.05, 0) is 32.3 Å². The highest BCUT2D eigenvalue weighted by atomic mass is 16.5.